The van der Waals surface area contributed by atoms with Gasteiger partial charge in [0.15, 0.2) is 0 Å². The van der Waals surface area contributed by atoms with Gasteiger partial charge in [-0.1, -0.05) is 19.1 Å². The molecule has 1 N–H and O–H groups in total. The number of nitrogens with one attached hydrogen (secondary N) is 1. The van der Waals surface area contributed by atoms with Crippen molar-refractivity contribution in [3.05, 3.63) is 22.2 Å². The van der Waals surface area contributed by atoms with Crippen molar-refractivity contribution in [1.29, 1.82) is 0 Å². The Bertz CT molecular complexity index is 421. The summed E-state index contributed by atoms with van der Waals surface area (Å²) in [5, 5.41) is 0. The topological polar surface area (TPSA) is 37.9 Å². The number of ether oxygens (including phenoxy) is 1. The van der Waals surface area contributed by atoms with E-state index in [-0.39, 0.29) is 5.60 Å². The van der Waals surface area contributed by atoms with Crippen LogP contribution in [0, 0.1) is 4.64 Å². The molecule has 4 heteroatoms. The van der Waals surface area contributed by atoms with E-state index in [1.807, 2.05) is 6.07 Å². The third-order valence-corrected chi connectivity index (χ3v) is 3.62. The minimum absolute atomic E-state index is 0.223. The monoisotopic (exact) mass is 238 g/mol. The number of nitrogens with zero attached hydrogens (tertiary/aromatic N) is 1. The van der Waals surface area contributed by atoms with Crippen LogP contribution in [0.4, 0.5) is 0 Å². The molecule has 1 aliphatic rings. The summed E-state index contributed by atoms with van der Waals surface area (Å²) >= 11 is 5.20. The molecule has 0 bridgehead atoms. The number of aromatic amines is 1. The first-order valence-corrected chi connectivity index (χ1v) is 6.27. The summed E-state index contributed by atoms with van der Waals surface area (Å²) in [6, 6.07) is 1.93. The first-order valence-electron chi connectivity index (χ1n) is 5.86. The Kier molecular flexibility index (Phi) is 3.40. The molecule has 1 saturated carbocycles. The quantitative estimate of drug-likeness (QED) is 0.822. The highest BCUT2D eigenvalue weighted by Gasteiger charge is 2.37. The van der Waals surface area contributed by atoms with Gasteiger partial charge in [0.05, 0.1) is 0 Å². The van der Waals surface area contributed by atoms with Crippen LogP contribution in [0.3, 0.4) is 0 Å². The lowest BCUT2D eigenvalue weighted by Crippen LogP contribution is -2.27. The molecule has 16 heavy (non-hydrogen) atoms. The lowest BCUT2D eigenvalue weighted by atomic mass is 10.0. The van der Waals surface area contributed by atoms with Gasteiger partial charge in [0.2, 0.25) is 0 Å². The van der Waals surface area contributed by atoms with E-state index in [1.54, 1.807) is 7.11 Å². The third-order valence-electron chi connectivity index (χ3n) is 3.41. The van der Waals surface area contributed by atoms with Gasteiger partial charge >= 0.3 is 0 Å². The van der Waals surface area contributed by atoms with Gasteiger partial charge in [0, 0.05) is 12.8 Å². The lowest BCUT2D eigenvalue weighted by molar-refractivity contribution is -0.0165. The Balaban J connectivity index is 2.45. The molecule has 0 amide bonds. The highest BCUT2D eigenvalue weighted by Crippen LogP contribution is 2.39. The molecule has 1 aromatic rings. The molecule has 3 nitrogen and oxygen atoms in total. The number of aryl methyl sites for hydroxylation is 1. The number of hydrogen-bond donors (Lipinski definition) is 1. The fraction of sp³-hybridized carbons (Fsp3) is 0.667. The van der Waals surface area contributed by atoms with E-state index in [0.717, 1.165) is 30.8 Å². The molecule has 0 radical (unpaired) electrons. The zero-order valence-electron chi connectivity index (χ0n) is 9.88. The average molecular weight is 238 g/mol. The second-order valence-corrected chi connectivity index (χ2v) is 4.77. The van der Waals surface area contributed by atoms with Crippen molar-refractivity contribution in [2.24, 2.45) is 0 Å². The predicted molar refractivity (Wildman–Crippen MR) is 66.0 cm³/mol. The molecule has 1 heterocycles. The SMILES string of the molecule is CCc1cc(=S)nc(C2(OC)CCCC2)[nH]1. The smallest absolute Gasteiger partial charge is 0.140 e. The molecule has 0 saturated heterocycles. The van der Waals surface area contributed by atoms with Crippen molar-refractivity contribution in [2.75, 3.05) is 7.11 Å². The van der Waals surface area contributed by atoms with Gasteiger partial charge in [-0.25, -0.2) is 4.98 Å². The van der Waals surface area contributed by atoms with Crippen molar-refractivity contribution < 1.29 is 4.74 Å². The number of H-pyrrole nitrogens is 1. The van der Waals surface area contributed by atoms with Crippen LogP contribution in [0.1, 0.15) is 44.1 Å². The molecule has 88 valence electrons. The van der Waals surface area contributed by atoms with Crippen molar-refractivity contribution in [3.8, 4) is 0 Å². The Labute approximate surface area is 101 Å². The van der Waals surface area contributed by atoms with E-state index in [0.29, 0.717) is 4.64 Å². The number of rotatable bonds is 3. The van der Waals surface area contributed by atoms with E-state index < -0.39 is 0 Å². The Morgan fingerprint density at radius 3 is 2.75 bits per heavy atom. The van der Waals surface area contributed by atoms with E-state index in [4.69, 9.17) is 17.0 Å². The van der Waals surface area contributed by atoms with Crippen LogP contribution in [0.25, 0.3) is 0 Å². The summed E-state index contributed by atoms with van der Waals surface area (Å²) < 4.78 is 6.36. The van der Waals surface area contributed by atoms with Crippen LogP contribution in [-0.4, -0.2) is 17.1 Å². The molecule has 1 aromatic heterocycles. The van der Waals surface area contributed by atoms with Crippen LogP contribution in [0.2, 0.25) is 0 Å². The summed E-state index contributed by atoms with van der Waals surface area (Å²) in [6.45, 7) is 2.11. The minimum atomic E-state index is -0.223. The van der Waals surface area contributed by atoms with E-state index in [9.17, 15) is 0 Å². The summed E-state index contributed by atoms with van der Waals surface area (Å²) in [6.07, 6.45) is 5.42. The maximum absolute atomic E-state index is 5.70. The molecule has 0 unspecified atom stereocenters. The second-order valence-electron chi connectivity index (χ2n) is 4.35. The molecule has 1 aliphatic carbocycles. The standard InChI is InChI=1S/C12H18N2OS/c1-3-9-8-10(16)14-11(13-9)12(15-2)6-4-5-7-12/h8H,3-7H2,1-2H3,(H,13,14,16). The van der Waals surface area contributed by atoms with Gasteiger partial charge in [-0.05, 0) is 38.2 Å². The molecule has 0 aliphatic heterocycles. The van der Waals surface area contributed by atoms with Crippen LogP contribution < -0.4 is 0 Å². The van der Waals surface area contributed by atoms with Crippen LogP contribution in [-0.2, 0) is 16.8 Å². The van der Waals surface area contributed by atoms with Crippen LogP contribution >= 0.6 is 12.2 Å². The van der Waals surface area contributed by atoms with E-state index in [1.165, 1.54) is 12.8 Å². The molecular formula is C12H18N2OS. The number of hydrogen-bond acceptors (Lipinski definition) is 3. The van der Waals surface area contributed by atoms with Crippen LogP contribution in [0.5, 0.6) is 0 Å². The zero-order chi connectivity index (χ0) is 11.6. The van der Waals surface area contributed by atoms with Gasteiger partial charge in [0.1, 0.15) is 16.1 Å². The highest BCUT2D eigenvalue weighted by molar-refractivity contribution is 7.71. The maximum atomic E-state index is 5.70. The molecular weight excluding hydrogens is 220 g/mol. The Morgan fingerprint density at radius 2 is 2.19 bits per heavy atom. The second kappa shape index (κ2) is 4.63. The van der Waals surface area contributed by atoms with Crippen molar-refractivity contribution in [3.63, 3.8) is 0 Å². The molecule has 1 fully saturated rings. The lowest BCUT2D eigenvalue weighted by Gasteiger charge is -2.26. The van der Waals surface area contributed by atoms with E-state index in [2.05, 4.69) is 16.9 Å². The fourth-order valence-electron chi connectivity index (χ4n) is 2.40. The third kappa shape index (κ3) is 2.04. The fourth-order valence-corrected chi connectivity index (χ4v) is 2.63. The first kappa shape index (κ1) is 11.7. The first-order chi connectivity index (χ1) is 7.70. The Hall–Kier alpha value is -0.740. The Morgan fingerprint density at radius 1 is 1.50 bits per heavy atom. The van der Waals surface area contributed by atoms with Gasteiger partial charge < -0.3 is 9.72 Å². The summed E-state index contributed by atoms with van der Waals surface area (Å²) in [4.78, 5) is 7.81. The molecule has 0 aromatic carbocycles. The molecule has 2 rings (SSSR count). The van der Waals surface area contributed by atoms with Crippen molar-refractivity contribution >= 4 is 12.2 Å². The summed E-state index contributed by atoms with van der Waals surface area (Å²) in [5.74, 6) is 0.914. The van der Waals surface area contributed by atoms with Crippen LogP contribution in [0.15, 0.2) is 6.07 Å². The largest absolute Gasteiger partial charge is 0.370 e. The van der Waals surface area contributed by atoms with Crippen molar-refractivity contribution in [1.82, 2.24) is 9.97 Å². The molecule has 0 atom stereocenters. The van der Waals surface area contributed by atoms with E-state index >= 15 is 0 Å². The highest BCUT2D eigenvalue weighted by atomic mass is 32.1. The summed E-state index contributed by atoms with van der Waals surface area (Å²) in [5.41, 5.74) is 0.914. The minimum Gasteiger partial charge on any atom is -0.370 e. The average Bonchev–Trinajstić information content (AvgIpc) is 2.78. The van der Waals surface area contributed by atoms with Gasteiger partial charge in [-0.3, -0.25) is 0 Å². The van der Waals surface area contributed by atoms with Gasteiger partial charge in [-0.2, -0.15) is 0 Å². The normalized spacial score (nSPS) is 18.9. The van der Waals surface area contributed by atoms with Crippen molar-refractivity contribution in [2.45, 2.75) is 44.6 Å². The zero-order valence-corrected chi connectivity index (χ0v) is 10.7. The number of aromatic nitrogens is 2. The summed E-state index contributed by atoms with van der Waals surface area (Å²) in [7, 11) is 1.77. The number of methoxy groups -OCH3 is 1. The van der Waals surface area contributed by atoms with Gasteiger partial charge in [-0.15, -0.1) is 0 Å². The van der Waals surface area contributed by atoms with Gasteiger partial charge in [0.25, 0.3) is 0 Å². The molecule has 0 spiro atoms. The predicted octanol–water partition coefficient (Wildman–Crippen LogP) is 3.12. The maximum Gasteiger partial charge on any atom is 0.140 e.